The van der Waals surface area contributed by atoms with Gasteiger partial charge in [0.05, 0.1) is 33.0 Å². The SMILES string of the molecule is CCNCc1nnc(OCCOCCOCCOC)s1. The van der Waals surface area contributed by atoms with E-state index in [4.69, 9.17) is 18.9 Å². The maximum Gasteiger partial charge on any atom is 0.294 e. The Kier molecular flexibility index (Phi) is 10.3. The van der Waals surface area contributed by atoms with Crippen LogP contribution in [0.5, 0.6) is 5.19 Å². The smallest absolute Gasteiger partial charge is 0.294 e. The van der Waals surface area contributed by atoms with Gasteiger partial charge in [-0.1, -0.05) is 18.3 Å². The molecule has 0 fully saturated rings. The fraction of sp³-hybridized carbons (Fsp3) is 0.833. The minimum absolute atomic E-state index is 0.466. The maximum atomic E-state index is 5.44. The Hall–Kier alpha value is -0.800. The Morgan fingerprint density at radius 2 is 1.70 bits per heavy atom. The molecule has 0 saturated heterocycles. The Balaban J connectivity index is 1.94. The first-order chi connectivity index (χ1) is 9.86. The van der Waals surface area contributed by atoms with Crippen LogP contribution in [0, 0.1) is 0 Å². The van der Waals surface area contributed by atoms with Crippen molar-refractivity contribution in [2.75, 3.05) is 53.3 Å². The fourth-order valence-corrected chi connectivity index (χ4v) is 1.93. The normalized spacial score (nSPS) is 10.9. The zero-order valence-corrected chi connectivity index (χ0v) is 12.9. The highest BCUT2D eigenvalue weighted by molar-refractivity contribution is 7.13. The Morgan fingerprint density at radius 1 is 1.00 bits per heavy atom. The summed E-state index contributed by atoms with van der Waals surface area (Å²) >= 11 is 1.45. The highest BCUT2D eigenvalue weighted by Crippen LogP contribution is 2.17. The second-order valence-electron chi connectivity index (χ2n) is 3.81. The quantitative estimate of drug-likeness (QED) is 0.538. The molecular weight excluding hydrogens is 282 g/mol. The molecule has 1 rings (SSSR count). The molecule has 0 atom stereocenters. The van der Waals surface area contributed by atoms with Gasteiger partial charge in [-0.25, -0.2) is 0 Å². The van der Waals surface area contributed by atoms with E-state index < -0.39 is 0 Å². The molecule has 8 heteroatoms. The molecule has 0 aliphatic carbocycles. The summed E-state index contributed by atoms with van der Waals surface area (Å²) in [5.41, 5.74) is 0. The van der Waals surface area contributed by atoms with Gasteiger partial charge in [0.15, 0.2) is 0 Å². The van der Waals surface area contributed by atoms with Crippen LogP contribution >= 0.6 is 11.3 Å². The van der Waals surface area contributed by atoms with Crippen molar-refractivity contribution in [2.24, 2.45) is 0 Å². The summed E-state index contributed by atoms with van der Waals surface area (Å²) in [6.07, 6.45) is 0. The highest BCUT2D eigenvalue weighted by Gasteiger charge is 2.04. The summed E-state index contributed by atoms with van der Waals surface area (Å²) in [5.74, 6) is 0. The van der Waals surface area contributed by atoms with Crippen LogP contribution in [-0.4, -0.2) is 63.5 Å². The lowest BCUT2D eigenvalue weighted by Gasteiger charge is -2.05. The van der Waals surface area contributed by atoms with Gasteiger partial charge in [0.2, 0.25) is 0 Å². The zero-order chi connectivity index (χ0) is 14.5. The number of nitrogens with zero attached hydrogens (tertiary/aromatic N) is 2. The molecule has 0 aromatic carbocycles. The number of aromatic nitrogens is 2. The monoisotopic (exact) mass is 305 g/mol. The summed E-state index contributed by atoms with van der Waals surface area (Å²) in [4.78, 5) is 0. The second kappa shape index (κ2) is 12.0. The molecule has 116 valence electrons. The lowest BCUT2D eigenvalue weighted by Crippen LogP contribution is -2.12. The van der Waals surface area contributed by atoms with E-state index in [2.05, 4.69) is 22.4 Å². The Bertz CT molecular complexity index is 338. The van der Waals surface area contributed by atoms with Crippen molar-refractivity contribution in [3.05, 3.63) is 5.01 Å². The summed E-state index contributed by atoms with van der Waals surface area (Å²) in [5, 5.41) is 12.7. The first-order valence-corrected chi connectivity index (χ1v) is 7.48. The van der Waals surface area contributed by atoms with Gasteiger partial charge in [0, 0.05) is 13.7 Å². The third-order valence-electron chi connectivity index (χ3n) is 2.23. The molecule has 0 bridgehead atoms. The number of methoxy groups -OCH3 is 1. The number of ether oxygens (including phenoxy) is 4. The van der Waals surface area contributed by atoms with Gasteiger partial charge in [-0.15, -0.1) is 10.2 Å². The van der Waals surface area contributed by atoms with Crippen molar-refractivity contribution in [3.8, 4) is 5.19 Å². The second-order valence-corrected chi connectivity index (χ2v) is 4.83. The van der Waals surface area contributed by atoms with Crippen LogP contribution in [0.2, 0.25) is 0 Å². The van der Waals surface area contributed by atoms with E-state index in [0.717, 1.165) is 18.1 Å². The van der Waals surface area contributed by atoms with Crippen LogP contribution in [0.1, 0.15) is 11.9 Å². The van der Waals surface area contributed by atoms with Crippen LogP contribution in [0.3, 0.4) is 0 Å². The molecule has 1 aromatic rings. The van der Waals surface area contributed by atoms with E-state index in [-0.39, 0.29) is 0 Å². The molecule has 20 heavy (non-hydrogen) atoms. The van der Waals surface area contributed by atoms with Crippen molar-refractivity contribution in [3.63, 3.8) is 0 Å². The predicted octanol–water partition coefficient (Wildman–Crippen LogP) is 0.706. The summed E-state index contributed by atoms with van der Waals surface area (Å²) in [6.45, 7) is 6.98. The molecule has 0 unspecified atom stereocenters. The first-order valence-electron chi connectivity index (χ1n) is 6.67. The number of hydrogen-bond donors (Lipinski definition) is 1. The molecule has 1 aromatic heterocycles. The van der Waals surface area contributed by atoms with Gasteiger partial charge in [-0.05, 0) is 6.54 Å². The van der Waals surface area contributed by atoms with Crippen LogP contribution in [0.15, 0.2) is 0 Å². The first kappa shape index (κ1) is 17.3. The van der Waals surface area contributed by atoms with Crippen molar-refractivity contribution >= 4 is 11.3 Å². The summed E-state index contributed by atoms with van der Waals surface area (Å²) < 4.78 is 20.9. The van der Waals surface area contributed by atoms with Crippen LogP contribution in [-0.2, 0) is 20.8 Å². The van der Waals surface area contributed by atoms with Gasteiger partial charge < -0.3 is 24.3 Å². The molecule has 1 heterocycles. The van der Waals surface area contributed by atoms with E-state index in [0.29, 0.717) is 44.8 Å². The predicted molar refractivity (Wildman–Crippen MR) is 76.3 cm³/mol. The van der Waals surface area contributed by atoms with Crippen molar-refractivity contribution < 1.29 is 18.9 Å². The topological polar surface area (TPSA) is 74.7 Å². The molecule has 0 aliphatic heterocycles. The molecule has 0 spiro atoms. The van der Waals surface area contributed by atoms with E-state index >= 15 is 0 Å². The molecule has 0 aliphatic rings. The Labute approximate surface area is 123 Å². The molecule has 0 amide bonds. The fourth-order valence-electron chi connectivity index (χ4n) is 1.25. The molecule has 0 saturated carbocycles. The molecule has 0 radical (unpaired) electrons. The minimum Gasteiger partial charge on any atom is -0.466 e. The third-order valence-corrected chi connectivity index (χ3v) is 3.07. The van der Waals surface area contributed by atoms with Gasteiger partial charge in [-0.3, -0.25) is 0 Å². The van der Waals surface area contributed by atoms with Crippen molar-refractivity contribution in [1.29, 1.82) is 0 Å². The van der Waals surface area contributed by atoms with Crippen molar-refractivity contribution in [1.82, 2.24) is 15.5 Å². The molecule has 7 nitrogen and oxygen atoms in total. The van der Waals surface area contributed by atoms with Crippen molar-refractivity contribution in [2.45, 2.75) is 13.5 Å². The molecular formula is C12H23N3O4S. The van der Waals surface area contributed by atoms with Gasteiger partial charge in [-0.2, -0.15) is 0 Å². The lowest BCUT2D eigenvalue weighted by atomic mass is 10.6. The van der Waals surface area contributed by atoms with Gasteiger partial charge >= 0.3 is 0 Å². The van der Waals surface area contributed by atoms with Gasteiger partial charge in [0.1, 0.15) is 11.6 Å². The average molecular weight is 305 g/mol. The van der Waals surface area contributed by atoms with Crippen LogP contribution < -0.4 is 10.1 Å². The van der Waals surface area contributed by atoms with E-state index in [9.17, 15) is 0 Å². The zero-order valence-electron chi connectivity index (χ0n) is 12.1. The lowest BCUT2D eigenvalue weighted by molar-refractivity contribution is 0.0179. The Morgan fingerprint density at radius 3 is 2.40 bits per heavy atom. The number of nitrogens with one attached hydrogen (secondary N) is 1. The van der Waals surface area contributed by atoms with E-state index in [1.165, 1.54) is 11.3 Å². The number of hydrogen-bond acceptors (Lipinski definition) is 8. The van der Waals surface area contributed by atoms with Gasteiger partial charge in [0.25, 0.3) is 5.19 Å². The molecule has 1 N–H and O–H groups in total. The summed E-state index contributed by atoms with van der Waals surface area (Å²) in [6, 6.07) is 0. The van der Waals surface area contributed by atoms with Crippen LogP contribution in [0.25, 0.3) is 0 Å². The minimum atomic E-state index is 0.466. The van der Waals surface area contributed by atoms with Crippen LogP contribution in [0.4, 0.5) is 0 Å². The largest absolute Gasteiger partial charge is 0.466 e. The summed E-state index contributed by atoms with van der Waals surface area (Å²) in [7, 11) is 1.65. The standard InChI is InChI=1S/C12H23N3O4S/c1-3-13-10-11-14-15-12(20-11)19-9-8-18-7-6-17-5-4-16-2/h13H,3-10H2,1-2H3. The highest BCUT2D eigenvalue weighted by atomic mass is 32.1. The average Bonchev–Trinajstić information content (AvgIpc) is 2.91. The third kappa shape index (κ3) is 8.39. The van der Waals surface area contributed by atoms with E-state index in [1.807, 2.05) is 0 Å². The number of rotatable bonds is 13. The van der Waals surface area contributed by atoms with E-state index in [1.54, 1.807) is 7.11 Å². The maximum absolute atomic E-state index is 5.44.